The Hall–Kier alpha value is -2.05. The predicted octanol–water partition coefficient (Wildman–Crippen LogP) is 3.37. The second-order valence-corrected chi connectivity index (χ2v) is 5.76. The summed E-state index contributed by atoms with van der Waals surface area (Å²) in [4.78, 5) is 12.7. The summed E-state index contributed by atoms with van der Waals surface area (Å²) in [6.07, 6.45) is 0. The molecule has 0 aliphatic heterocycles. The van der Waals surface area contributed by atoms with Gasteiger partial charge in [0.05, 0.1) is 10.7 Å². The fourth-order valence-corrected chi connectivity index (χ4v) is 3.10. The molecule has 2 aromatic rings. The number of carbonyl (C=O) groups excluding carboxylic acids is 1. The Bertz CT molecular complexity index is 725. The molecule has 5 nitrogen and oxygen atoms in total. The third-order valence-corrected chi connectivity index (χ3v) is 4.69. The van der Waals surface area contributed by atoms with Gasteiger partial charge in [-0.2, -0.15) is 0 Å². The number of anilines is 1. The Balaban J connectivity index is 2.38. The molecule has 0 bridgehead atoms. The van der Waals surface area contributed by atoms with E-state index in [4.69, 9.17) is 22.5 Å². The highest BCUT2D eigenvalue weighted by atomic mass is 35.5. The predicted molar refractivity (Wildman–Crippen MR) is 85.7 cm³/mol. The van der Waals surface area contributed by atoms with Crippen molar-refractivity contribution < 1.29 is 10.0 Å². The number of amidine groups is 1. The van der Waals surface area contributed by atoms with Crippen LogP contribution >= 0.6 is 22.9 Å². The van der Waals surface area contributed by atoms with Gasteiger partial charge in [-0.25, -0.2) is 0 Å². The van der Waals surface area contributed by atoms with Crippen molar-refractivity contribution in [2.45, 2.75) is 13.8 Å². The number of oxime groups is 1. The Labute approximate surface area is 131 Å². The lowest BCUT2D eigenvalue weighted by molar-refractivity contribution is 0.103. The van der Waals surface area contributed by atoms with Gasteiger partial charge in [-0.3, -0.25) is 4.79 Å². The maximum absolute atomic E-state index is 12.3. The maximum atomic E-state index is 12.3. The first-order valence-electron chi connectivity index (χ1n) is 6.08. The number of hydrogen-bond acceptors (Lipinski definition) is 4. The second-order valence-electron chi connectivity index (χ2n) is 4.50. The normalized spacial score (nSPS) is 11.5. The van der Waals surface area contributed by atoms with Crippen LogP contribution in [0.1, 0.15) is 26.4 Å². The monoisotopic (exact) mass is 323 g/mol. The SMILES string of the molecule is Cc1csc(C(=O)Nc2cccc(C)c2/C(N)=N/O)c1Cl. The van der Waals surface area contributed by atoms with Crippen LogP contribution in [0.5, 0.6) is 0 Å². The molecule has 110 valence electrons. The standard InChI is InChI=1S/C14H14ClN3O2S/c1-7-4-3-5-9(10(7)13(16)18-20)17-14(19)12-11(15)8(2)6-21-12/h3-6,20H,1-2H3,(H2,16,18)(H,17,19). The van der Waals surface area contributed by atoms with Gasteiger partial charge in [0.25, 0.3) is 5.91 Å². The zero-order chi connectivity index (χ0) is 15.6. The topological polar surface area (TPSA) is 87.7 Å². The molecular formula is C14H14ClN3O2S. The summed E-state index contributed by atoms with van der Waals surface area (Å²) in [5.74, 6) is -0.382. The van der Waals surface area contributed by atoms with Gasteiger partial charge in [0.1, 0.15) is 4.88 Å². The lowest BCUT2D eigenvalue weighted by atomic mass is 10.1. The molecule has 0 aliphatic carbocycles. The first kappa shape index (κ1) is 15.3. The van der Waals surface area contributed by atoms with Crippen molar-refractivity contribution in [1.29, 1.82) is 0 Å². The van der Waals surface area contributed by atoms with Gasteiger partial charge in [0, 0.05) is 5.56 Å². The minimum atomic E-state index is -0.323. The van der Waals surface area contributed by atoms with Crippen molar-refractivity contribution in [2.24, 2.45) is 10.9 Å². The summed E-state index contributed by atoms with van der Waals surface area (Å²) in [6, 6.07) is 5.28. The number of benzene rings is 1. The van der Waals surface area contributed by atoms with Crippen LogP contribution in [0.2, 0.25) is 5.02 Å². The average Bonchev–Trinajstić information content (AvgIpc) is 2.78. The summed E-state index contributed by atoms with van der Waals surface area (Å²) in [7, 11) is 0. The maximum Gasteiger partial charge on any atom is 0.267 e. The second kappa shape index (κ2) is 6.15. The highest BCUT2D eigenvalue weighted by Crippen LogP contribution is 2.28. The Morgan fingerprint density at radius 2 is 2.10 bits per heavy atom. The number of aryl methyl sites for hydroxylation is 2. The van der Waals surface area contributed by atoms with Gasteiger partial charge >= 0.3 is 0 Å². The molecule has 0 unspecified atom stereocenters. The Morgan fingerprint density at radius 3 is 2.67 bits per heavy atom. The molecule has 21 heavy (non-hydrogen) atoms. The first-order valence-corrected chi connectivity index (χ1v) is 7.34. The number of amides is 1. The van der Waals surface area contributed by atoms with Crippen molar-refractivity contribution in [3.8, 4) is 0 Å². The molecule has 2 rings (SSSR count). The van der Waals surface area contributed by atoms with E-state index in [2.05, 4.69) is 10.5 Å². The average molecular weight is 324 g/mol. The number of carbonyl (C=O) groups is 1. The van der Waals surface area contributed by atoms with Gasteiger partial charge in [0.15, 0.2) is 5.84 Å². The van der Waals surface area contributed by atoms with Gasteiger partial charge in [-0.1, -0.05) is 28.9 Å². The molecule has 1 aromatic heterocycles. The van der Waals surface area contributed by atoms with Crippen LogP contribution in [0.3, 0.4) is 0 Å². The van der Waals surface area contributed by atoms with E-state index in [1.807, 2.05) is 25.3 Å². The Kier molecular flexibility index (Phi) is 4.50. The van der Waals surface area contributed by atoms with Crippen LogP contribution in [0, 0.1) is 13.8 Å². The summed E-state index contributed by atoms with van der Waals surface area (Å²) >= 11 is 7.36. The summed E-state index contributed by atoms with van der Waals surface area (Å²) < 4.78 is 0. The van der Waals surface area contributed by atoms with Gasteiger partial charge in [-0.15, -0.1) is 11.3 Å². The molecule has 0 aliphatic rings. The molecule has 0 fully saturated rings. The van der Waals surface area contributed by atoms with Gasteiger partial charge in [-0.05, 0) is 36.4 Å². The summed E-state index contributed by atoms with van der Waals surface area (Å²) in [6.45, 7) is 3.65. The summed E-state index contributed by atoms with van der Waals surface area (Å²) in [5.41, 5.74) is 8.27. The number of nitrogens with two attached hydrogens (primary N) is 1. The van der Waals surface area contributed by atoms with Gasteiger partial charge < -0.3 is 16.3 Å². The van der Waals surface area contributed by atoms with Crippen LogP contribution in [0.25, 0.3) is 0 Å². The summed E-state index contributed by atoms with van der Waals surface area (Å²) in [5, 5.41) is 16.9. The number of thiophene rings is 1. The van der Waals surface area contributed by atoms with E-state index in [0.717, 1.165) is 11.1 Å². The smallest absolute Gasteiger partial charge is 0.267 e. The van der Waals surface area contributed by atoms with E-state index in [1.165, 1.54) is 11.3 Å². The van der Waals surface area contributed by atoms with Crippen LogP contribution in [-0.2, 0) is 0 Å². The molecule has 1 aromatic carbocycles. The Morgan fingerprint density at radius 1 is 1.38 bits per heavy atom. The fourth-order valence-electron chi connectivity index (χ4n) is 1.92. The zero-order valence-corrected chi connectivity index (χ0v) is 13.0. The minimum absolute atomic E-state index is 0.0585. The van der Waals surface area contributed by atoms with Crippen molar-refractivity contribution in [2.75, 3.05) is 5.32 Å². The first-order chi connectivity index (χ1) is 9.95. The van der Waals surface area contributed by atoms with Crippen LogP contribution in [0.15, 0.2) is 28.7 Å². The van der Waals surface area contributed by atoms with E-state index in [9.17, 15) is 4.79 Å². The third-order valence-electron chi connectivity index (χ3n) is 2.99. The molecule has 0 spiro atoms. The fraction of sp³-hybridized carbons (Fsp3) is 0.143. The van der Waals surface area contributed by atoms with E-state index in [1.54, 1.807) is 12.1 Å². The third kappa shape index (κ3) is 3.01. The van der Waals surface area contributed by atoms with Crippen LogP contribution < -0.4 is 11.1 Å². The molecule has 1 heterocycles. The number of nitrogens with one attached hydrogen (secondary N) is 1. The molecule has 7 heteroatoms. The quantitative estimate of drug-likeness (QED) is 0.350. The largest absolute Gasteiger partial charge is 0.409 e. The van der Waals surface area contributed by atoms with Crippen molar-refractivity contribution in [1.82, 2.24) is 0 Å². The van der Waals surface area contributed by atoms with Crippen LogP contribution in [0.4, 0.5) is 5.69 Å². The van der Waals surface area contributed by atoms with Crippen LogP contribution in [-0.4, -0.2) is 17.0 Å². The van der Waals surface area contributed by atoms with Gasteiger partial charge in [0.2, 0.25) is 0 Å². The van der Waals surface area contributed by atoms with Crippen molar-refractivity contribution >= 4 is 40.4 Å². The van der Waals surface area contributed by atoms with Crippen molar-refractivity contribution in [3.63, 3.8) is 0 Å². The zero-order valence-electron chi connectivity index (χ0n) is 11.5. The van der Waals surface area contributed by atoms with E-state index >= 15 is 0 Å². The molecular weight excluding hydrogens is 310 g/mol. The minimum Gasteiger partial charge on any atom is -0.409 e. The number of rotatable bonds is 3. The molecule has 0 saturated carbocycles. The van der Waals surface area contributed by atoms with E-state index in [-0.39, 0.29) is 11.7 Å². The molecule has 4 N–H and O–H groups in total. The van der Waals surface area contributed by atoms with E-state index in [0.29, 0.717) is 21.2 Å². The van der Waals surface area contributed by atoms with Crippen molar-refractivity contribution in [3.05, 3.63) is 50.2 Å². The highest BCUT2D eigenvalue weighted by Gasteiger charge is 2.17. The highest BCUT2D eigenvalue weighted by molar-refractivity contribution is 7.13. The van der Waals surface area contributed by atoms with E-state index < -0.39 is 0 Å². The molecule has 0 atom stereocenters. The lowest BCUT2D eigenvalue weighted by Crippen LogP contribution is -2.20. The number of nitrogens with zero attached hydrogens (tertiary/aromatic N) is 1. The molecule has 1 amide bonds. The molecule has 0 radical (unpaired) electrons. The number of hydrogen-bond donors (Lipinski definition) is 3. The number of halogens is 1. The molecule has 0 saturated heterocycles. The lowest BCUT2D eigenvalue weighted by Gasteiger charge is -2.12.